The number of carbonyl (C=O) groups excluding carboxylic acids is 1. The first-order valence-electron chi connectivity index (χ1n) is 6.22. The number of likely N-dealkylation sites (tertiary alicyclic amines) is 1. The van der Waals surface area contributed by atoms with Crippen LogP contribution in [0.2, 0.25) is 0 Å². The Morgan fingerprint density at radius 3 is 2.40 bits per heavy atom. The monoisotopic (exact) mass is 210 g/mol. The van der Waals surface area contributed by atoms with E-state index in [1.54, 1.807) is 0 Å². The third kappa shape index (κ3) is 2.33. The Kier molecular flexibility index (Phi) is 3.29. The van der Waals surface area contributed by atoms with Crippen LogP contribution in [0.4, 0.5) is 0 Å². The molecule has 2 rings (SSSR count). The van der Waals surface area contributed by atoms with Crippen LogP contribution in [0.1, 0.15) is 39.0 Å². The molecule has 0 bridgehead atoms. The molecule has 3 nitrogen and oxygen atoms in total. The van der Waals surface area contributed by atoms with Crippen molar-refractivity contribution in [3.05, 3.63) is 0 Å². The summed E-state index contributed by atoms with van der Waals surface area (Å²) >= 11 is 0. The molecule has 1 N–H and O–H groups in total. The lowest BCUT2D eigenvalue weighted by atomic mass is 9.88. The topological polar surface area (TPSA) is 32.3 Å². The number of nitrogens with zero attached hydrogens (tertiary/aromatic N) is 1. The molecule has 0 aromatic carbocycles. The van der Waals surface area contributed by atoms with E-state index in [0.717, 1.165) is 32.6 Å². The molecule has 15 heavy (non-hydrogen) atoms. The fourth-order valence-electron chi connectivity index (χ4n) is 2.65. The second-order valence-electron chi connectivity index (χ2n) is 5.19. The van der Waals surface area contributed by atoms with Gasteiger partial charge in [0.2, 0.25) is 5.91 Å². The van der Waals surface area contributed by atoms with Gasteiger partial charge in [-0.05, 0) is 32.7 Å². The minimum atomic E-state index is -0.121. The van der Waals surface area contributed by atoms with Gasteiger partial charge >= 0.3 is 0 Å². The summed E-state index contributed by atoms with van der Waals surface area (Å²) < 4.78 is 0. The Balaban J connectivity index is 1.98. The van der Waals surface area contributed by atoms with Gasteiger partial charge in [0, 0.05) is 19.6 Å². The lowest BCUT2D eigenvalue weighted by Gasteiger charge is -2.30. The molecule has 0 aromatic heterocycles. The fourth-order valence-corrected chi connectivity index (χ4v) is 2.65. The maximum absolute atomic E-state index is 12.4. The van der Waals surface area contributed by atoms with Gasteiger partial charge in [-0.25, -0.2) is 0 Å². The molecular weight excluding hydrogens is 188 g/mol. The zero-order valence-corrected chi connectivity index (χ0v) is 9.72. The Morgan fingerprint density at radius 2 is 1.87 bits per heavy atom. The molecule has 0 saturated carbocycles. The molecule has 1 unspecified atom stereocenters. The zero-order valence-electron chi connectivity index (χ0n) is 9.72. The van der Waals surface area contributed by atoms with Gasteiger partial charge in [-0.2, -0.15) is 0 Å². The first-order chi connectivity index (χ1) is 7.22. The van der Waals surface area contributed by atoms with Crippen LogP contribution in [0.15, 0.2) is 0 Å². The van der Waals surface area contributed by atoms with Crippen LogP contribution in [0.3, 0.4) is 0 Å². The van der Waals surface area contributed by atoms with Crippen LogP contribution in [-0.4, -0.2) is 37.0 Å². The van der Waals surface area contributed by atoms with E-state index < -0.39 is 0 Å². The molecule has 86 valence electrons. The molecule has 0 aromatic rings. The Labute approximate surface area is 92.2 Å². The second kappa shape index (κ2) is 4.52. The molecule has 2 fully saturated rings. The third-order valence-electron chi connectivity index (χ3n) is 3.78. The first-order valence-corrected chi connectivity index (χ1v) is 6.22. The maximum atomic E-state index is 12.4. The quantitative estimate of drug-likeness (QED) is 0.709. The standard InChI is InChI=1S/C12H22N2O/c1-12(6-7-13-10-12)11(15)14-8-4-2-3-5-9-14/h13H,2-10H2,1H3. The van der Waals surface area contributed by atoms with E-state index in [1.807, 2.05) is 0 Å². The van der Waals surface area contributed by atoms with Crippen LogP contribution in [0.5, 0.6) is 0 Å². The van der Waals surface area contributed by atoms with Crippen LogP contribution in [0, 0.1) is 5.41 Å². The summed E-state index contributed by atoms with van der Waals surface area (Å²) in [6, 6.07) is 0. The van der Waals surface area contributed by atoms with Crippen LogP contribution in [0.25, 0.3) is 0 Å². The number of amides is 1. The summed E-state index contributed by atoms with van der Waals surface area (Å²) in [6.07, 6.45) is 5.96. The summed E-state index contributed by atoms with van der Waals surface area (Å²) in [5.74, 6) is 0.384. The highest BCUT2D eigenvalue weighted by Crippen LogP contribution is 2.28. The van der Waals surface area contributed by atoms with E-state index >= 15 is 0 Å². The molecule has 3 heteroatoms. The van der Waals surface area contributed by atoms with Crippen molar-refractivity contribution in [1.82, 2.24) is 10.2 Å². The summed E-state index contributed by atoms with van der Waals surface area (Å²) in [4.78, 5) is 14.5. The highest BCUT2D eigenvalue weighted by atomic mass is 16.2. The van der Waals surface area contributed by atoms with Crippen molar-refractivity contribution in [3.63, 3.8) is 0 Å². The van der Waals surface area contributed by atoms with E-state index in [9.17, 15) is 4.79 Å². The number of carbonyl (C=O) groups is 1. The van der Waals surface area contributed by atoms with E-state index in [4.69, 9.17) is 0 Å². The summed E-state index contributed by atoms with van der Waals surface area (Å²) in [5, 5.41) is 3.30. The predicted octanol–water partition coefficient (Wildman–Crippen LogP) is 1.39. The maximum Gasteiger partial charge on any atom is 0.229 e. The molecule has 2 saturated heterocycles. The molecule has 2 aliphatic rings. The predicted molar refractivity (Wildman–Crippen MR) is 60.6 cm³/mol. The van der Waals surface area contributed by atoms with E-state index in [0.29, 0.717) is 5.91 Å². The van der Waals surface area contributed by atoms with Crippen LogP contribution in [-0.2, 0) is 4.79 Å². The minimum absolute atomic E-state index is 0.121. The highest BCUT2D eigenvalue weighted by Gasteiger charge is 2.39. The molecular formula is C12H22N2O. The van der Waals surface area contributed by atoms with Gasteiger partial charge in [-0.15, -0.1) is 0 Å². The summed E-state index contributed by atoms with van der Waals surface area (Å²) in [6.45, 7) is 5.93. The highest BCUT2D eigenvalue weighted by molar-refractivity contribution is 5.83. The van der Waals surface area contributed by atoms with E-state index in [2.05, 4.69) is 17.1 Å². The first kappa shape index (κ1) is 10.9. The van der Waals surface area contributed by atoms with Gasteiger partial charge in [0.05, 0.1) is 5.41 Å². The van der Waals surface area contributed by atoms with Crippen molar-refractivity contribution < 1.29 is 4.79 Å². The van der Waals surface area contributed by atoms with Gasteiger partial charge in [-0.3, -0.25) is 4.79 Å². The Bertz CT molecular complexity index is 226. The Hall–Kier alpha value is -0.570. The number of nitrogens with one attached hydrogen (secondary N) is 1. The average molecular weight is 210 g/mol. The molecule has 0 radical (unpaired) electrons. The van der Waals surface area contributed by atoms with Crippen molar-refractivity contribution in [2.45, 2.75) is 39.0 Å². The van der Waals surface area contributed by atoms with Gasteiger partial charge < -0.3 is 10.2 Å². The SMILES string of the molecule is CC1(C(=O)N2CCCCCC2)CCNC1. The number of rotatable bonds is 1. The van der Waals surface area contributed by atoms with Crippen molar-refractivity contribution in [3.8, 4) is 0 Å². The molecule has 0 aliphatic carbocycles. The van der Waals surface area contributed by atoms with Crippen LogP contribution < -0.4 is 5.32 Å². The lowest BCUT2D eigenvalue weighted by molar-refractivity contribution is -0.140. The van der Waals surface area contributed by atoms with Crippen molar-refractivity contribution >= 4 is 5.91 Å². The number of hydrogen-bond donors (Lipinski definition) is 1. The summed E-state index contributed by atoms with van der Waals surface area (Å²) in [7, 11) is 0. The summed E-state index contributed by atoms with van der Waals surface area (Å²) in [5.41, 5.74) is -0.121. The van der Waals surface area contributed by atoms with E-state index in [-0.39, 0.29) is 5.41 Å². The van der Waals surface area contributed by atoms with Crippen molar-refractivity contribution in [2.75, 3.05) is 26.2 Å². The second-order valence-corrected chi connectivity index (χ2v) is 5.19. The largest absolute Gasteiger partial charge is 0.342 e. The third-order valence-corrected chi connectivity index (χ3v) is 3.78. The normalized spacial score (nSPS) is 32.7. The molecule has 1 atom stereocenters. The smallest absolute Gasteiger partial charge is 0.229 e. The van der Waals surface area contributed by atoms with Gasteiger partial charge in [0.25, 0.3) is 0 Å². The van der Waals surface area contributed by atoms with Gasteiger partial charge in [0.1, 0.15) is 0 Å². The molecule has 0 spiro atoms. The van der Waals surface area contributed by atoms with Gasteiger partial charge in [-0.1, -0.05) is 12.8 Å². The molecule has 2 heterocycles. The van der Waals surface area contributed by atoms with Crippen molar-refractivity contribution in [2.24, 2.45) is 5.41 Å². The average Bonchev–Trinajstić information content (AvgIpc) is 2.54. The fraction of sp³-hybridized carbons (Fsp3) is 0.917. The number of hydrogen-bond acceptors (Lipinski definition) is 2. The minimum Gasteiger partial charge on any atom is -0.342 e. The molecule has 2 aliphatic heterocycles. The zero-order chi connectivity index (χ0) is 10.7. The van der Waals surface area contributed by atoms with Gasteiger partial charge in [0.15, 0.2) is 0 Å². The lowest BCUT2D eigenvalue weighted by Crippen LogP contribution is -2.44. The van der Waals surface area contributed by atoms with Crippen LogP contribution >= 0.6 is 0 Å². The Morgan fingerprint density at radius 1 is 1.20 bits per heavy atom. The molecule has 1 amide bonds. The van der Waals surface area contributed by atoms with Crippen molar-refractivity contribution in [1.29, 1.82) is 0 Å². The van der Waals surface area contributed by atoms with E-state index in [1.165, 1.54) is 25.7 Å².